The van der Waals surface area contributed by atoms with Gasteiger partial charge in [0.25, 0.3) is 0 Å². The molecule has 2 rings (SSSR count). The van der Waals surface area contributed by atoms with Crippen molar-refractivity contribution in [3.8, 4) is 0 Å². The Bertz CT molecular complexity index is 654. The Hall–Kier alpha value is -2.43. The van der Waals surface area contributed by atoms with E-state index in [-0.39, 0.29) is 12.3 Å². The zero-order chi connectivity index (χ0) is 16.1. The normalized spacial score (nSPS) is 10.4. The summed E-state index contributed by atoms with van der Waals surface area (Å²) in [4.78, 5) is 13.8. The average Bonchev–Trinajstić information content (AvgIpc) is 2.49. The fourth-order valence-electron chi connectivity index (χ4n) is 2.02. The molecule has 0 atom stereocenters. The second-order valence-corrected chi connectivity index (χ2v) is 5.24. The number of carbonyl (C=O) groups excluding carboxylic acids is 1. The largest absolute Gasteiger partial charge is 0.378 e. The lowest BCUT2D eigenvalue weighted by Gasteiger charge is -2.13. The molecule has 3 nitrogen and oxygen atoms in total. The van der Waals surface area contributed by atoms with Gasteiger partial charge in [-0.05, 0) is 48.4 Å². The number of hydrogen-bond acceptors (Lipinski definition) is 2. The standard InChI is InChI=1S/C17H18F2N2O/c1-21(2)14-7-5-13(6-8-14)20-17(22)10-4-12-3-9-15(18)16(19)11-12/h3,5-9,11H,4,10H2,1-2H3,(H,20,22). The van der Waals surface area contributed by atoms with Gasteiger partial charge in [-0.1, -0.05) is 6.07 Å². The van der Waals surface area contributed by atoms with E-state index in [1.807, 2.05) is 43.3 Å². The summed E-state index contributed by atoms with van der Waals surface area (Å²) in [6.45, 7) is 0. The van der Waals surface area contributed by atoms with Crippen LogP contribution in [-0.2, 0) is 11.2 Å². The maximum Gasteiger partial charge on any atom is 0.224 e. The molecule has 116 valence electrons. The first-order chi connectivity index (χ1) is 10.5. The third kappa shape index (κ3) is 4.28. The van der Waals surface area contributed by atoms with E-state index < -0.39 is 11.6 Å². The van der Waals surface area contributed by atoms with E-state index >= 15 is 0 Å². The molecule has 0 fully saturated rings. The van der Waals surface area contributed by atoms with Gasteiger partial charge < -0.3 is 10.2 Å². The van der Waals surface area contributed by atoms with Gasteiger partial charge in [-0.3, -0.25) is 4.79 Å². The lowest BCUT2D eigenvalue weighted by Crippen LogP contribution is -2.13. The van der Waals surface area contributed by atoms with Gasteiger partial charge in [0.05, 0.1) is 0 Å². The quantitative estimate of drug-likeness (QED) is 0.915. The number of benzene rings is 2. The van der Waals surface area contributed by atoms with E-state index in [1.165, 1.54) is 6.07 Å². The van der Waals surface area contributed by atoms with Crippen LogP contribution in [-0.4, -0.2) is 20.0 Å². The Morgan fingerprint density at radius 2 is 1.73 bits per heavy atom. The molecule has 0 aliphatic heterocycles. The minimum absolute atomic E-state index is 0.165. The number of hydrogen-bond donors (Lipinski definition) is 1. The van der Waals surface area contributed by atoms with Crippen LogP contribution in [0.25, 0.3) is 0 Å². The number of nitrogens with zero attached hydrogens (tertiary/aromatic N) is 1. The number of aryl methyl sites for hydroxylation is 1. The molecule has 0 saturated heterocycles. The molecular formula is C17H18F2N2O. The lowest BCUT2D eigenvalue weighted by molar-refractivity contribution is -0.116. The number of amides is 1. The average molecular weight is 304 g/mol. The first-order valence-electron chi connectivity index (χ1n) is 6.97. The fourth-order valence-corrected chi connectivity index (χ4v) is 2.02. The van der Waals surface area contributed by atoms with Crippen LogP contribution in [0.4, 0.5) is 20.2 Å². The van der Waals surface area contributed by atoms with Gasteiger partial charge in [-0.15, -0.1) is 0 Å². The van der Waals surface area contributed by atoms with Gasteiger partial charge in [0, 0.05) is 31.9 Å². The topological polar surface area (TPSA) is 32.3 Å². The van der Waals surface area contributed by atoms with Crippen molar-refractivity contribution in [1.82, 2.24) is 0 Å². The van der Waals surface area contributed by atoms with E-state index in [0.717, 1.165) is 17.8 Å². The highest BCUT2D eigenvalue weighted by Gasteiger charge is 2.06. The maximum absolute atomic E-state index is 13.1. The second kappa shape index (κ2) is 7.02. The molecule has 0 saturated carbocycles. The summed E-state index contributed by atoms with van der Waals surface area (Å²) in [5.74, 6) is -1.94. The van der Waals surface area contributed by atoms with Gasteiger partial charge in [-0.25, -0.2) is 8.78 Å². The SMILES string of the molecule is CN(C)c1ccc(NC(=O)CCc2ccc(F)c(F)c2)cc1. The van der Waals surface area contributed by atoms with Crippen molar-refractivity contribution in [2.24, 2.45) is 0 Å². The smallest absolute Gasteiger partial charge is 0.224 e. The molecule has 0 radical (unpaired) electrons. The molecule has 5 heteroatoms. The van der Waals surface area contributed by atoms with Crippen molar-refractivity contribution in [2.45, 2.75) is 12.8 Å². The summed E-state index contributed by atoms with van der Waals surface area (Å²) in [5.41, 5.74) is 2.35. The summed E-state index contributed by atoms with van der Waals surface area (Å²) in [6.07, 6.45) is 0.569. The first-order valence-corrected chi connectivity index (χ1v) is 6.97. The molecule has 1 amide bonds. The fraction of sp³-hybridized carbons (Fsp3) is 0.235. The molecule has 2 aromatic carbocycles. The summed E-state index contributed by atoms with van der Waals surface area (Å²) in [5, 5.41) is 2.78. The van der Waals surface area contributed by atoms with Gasteiger partial charge in [0.15, 0.2) is 11.6 Å². The Labute approximate surface area is 128 Å². The highest BCUT2D eigenvalue weighted by molar-refractivity contribution is 5.91. The number of anilines is 2. The molecule has 0 aliphatic carbocycles. The van der Waals surface area contributed by atoms with Crippen LogP contribution in [0, 0.1) is 11.6 Å². The van der Waals surface area contributed by atoms with Gasteiger partial charge in [0.2, 0.25) is 5.91 Å². The van der Waals surface area contributed by atoms with E-state index in [0.29, 0.717) is 17.7 Å². The third-order valence-electron chi connectivity index (χ3n) is 3.29. The number of carbonyl (C=O) groups is 1. The summed E-state index contributed by atoms with van der Waals surface area (Å²) in [6, 6.07) is 11.1. The summed E-state index contributed by atoms with van der Waals surface area (Å²) in [7, 11) is 3.88. The van der Waals surface area contributed by atoms with Crippen LogP contribution in [0.15, 0.2) is 42.5 Å². The van der Waals surface area contributed by atoms with Crippen molar-refractivity contribution in [3.05, 3.63) is 59.7 Å². The second-order valence-electron chi connectivity index (χ2n) is 5.24. The molecule has 0 aromatic heterocycles. The predicted octanol–water partition coefficient (Wildman–Crippen LogP) is 3.60. The Morgan fingerprint density at radius 1 is 1.05 bits per heavy atom. The van der Waals surface area contributed by atoms with Crippen molar-refractivity contribution in [2.75, 3.05) is 24.3 Å². The number of halogens is 2. The Morgan fingerprint density at radius 3 is 2.32 bits per heavy atom. The molecule has 0 bridgehead atoms. The van der Waals surface area contributed by atoms with E-state index in [2.05, 4.69) is 5.32 Å². The number of rotatable bonds is 5. The lowest BCUT2D eigenvalue weighted by atomic mass is 10.1. The summed E-state index contributed by atoms with van der Waals surface area (Å²) >= 11 is 0. The summed E-state index contributed by atoms with van der Waals surface area (Å²) < 4.78 is 25.9. The van der Waals surface area contributed by atoms with Crippen molar-refractivity contribution >= 4 is 17.3 Å². The van der Waals surface area contributed by atoms with E-state index in [1.54, 1.807) is 0 Å². The minimum Gasteiger partial charge on any atom is -0.378 e. The van der Waals surface area contributed by atoms with Gasteiger partial charge >= 0.3 is 0 Å². The molecule has 0 heterocycles. The molecule has 0 spiro atoms. The highest BCUT2D eigenvalue weighted by Crippen LogP contribution is 2.16. The van der Waals surface area contributed by atoms with Crippen LogP contribution in [0.5, 0.6) is 0 Å². The Kier molecular flexibility index (Phi) is 5.09. The van der Waals surface area contributed by atoms with Gasteiger partial charge in [0.1, 0.15) is 0 Å². The highest BCUT2D eigenvalue weighted by atomic mass is 19.2. The van der Waals surface area contributed by atoms with Crippen LogP contribution in [0.3, 0.4) is 0 Å². The molecule has 0 unspecified atom stereocenters. The Balaban J connectivity index is 1.88. The van der Waals surface area contributed by atoms with Crippen LogP contribution in [0.2, 0.25) is 0 Å². The van der Waals surface area contributed by atoms with Crippen molar-refractivity contribution in [3.63, 3.8) is 0 Å². The zero-order valence-corrected chi connectivity index (χ0v) is 12.6. The van der Waals surface area contributed by atoms with Crippen LogP contribution in [0.1, 0.15) is 12.0 Å². The molecular weight excluding hydrogens is 286 g/mol. The molecule has 0 aliphatic rings. The monoisotopic (exact) mass is 304 g/mol. The first kappa shape index (κ1) is 15.9. The van der Waals surface area contributed by atoms with Gasteiger partial charge in [-0.2, -0.15) is 0 Å². The number of nitrogens with one attached hydrogen (secondary N) is 1. The van der Waals surface area contributed by atoms with Crippen LogP contribution < -0.4 is 10.2 Å². The van der Waals surface area contributed by atoms with E-state index in [4.69, 9.17) is 0 Å². The third-order valence-corrected chi connectivity index (χ3v) is 3.29. The minimum atomic E-state index is -0.891. The van der Waals surface area contributed by atoms with Crippen molar-refractivity contribution in [1.29, 1.82) is 0 Å². The zero-order valence-electron chi connectivity index (χ0n) is 12.6. The van der Waals surface area contributed by atoms with Crippen LogP contribution >= 0.6 is 0 Å². The van der Waals surface area contributed by atoms with Crippen molar-refractivity contribution < 1.29 is 13.6 Å². The molecule has 1 N–H and O–H groups in total. The molecule has 2 aromatic rings. The predicted molar refractivity (Wildman–Crippen MR) is 84.1 cm³/mol. The molecule has 22 heavy (non-hydrogen) atoms. The maximum atomic E-state index is 13.1. The van der Waals surface area contributed by atoms with E-state index in [9.17, 15) is 13.6 Å².